The number of carbonyl (C=O) groups is 2. The summed E-state index contributed by atoms with van der Waals surface area (Å²) in [7, 11) is 0. The zero-order valence-corrected chi connectivity index (χ0v) is 23.8. The molecule has 5 rings (SSSR count). The standard InChI is InChI=1S/C29H37ClN6O3/c1-20-19-35(25-23(30)6-5-13-31-25)16-17-36(20)26(37)24-18-29(39-33-24)11-14-34(15-12-29)27(38)32-22-9-7-21(8-10-22)28(2,3)4/h5-10,13,18,20,33H,11-12,14-17,19H2,1-4H3,(H,32,38). The van der Waals surface area contributed by atoms with E-state index in [0.717, 1.165) is 11.5 Å². The number of piperidine rings is 1. The molecule has 2 fully saturated rings. The van der Waals surface area contributed by atoms with Crippen LogP contribution in [-0.2, 0) is 15.0 Å². The SMILES string of the molecule is CC1CN(c2ncccc2Cl)CCN1C(=O)C1=CC2(CCN(C(=O)Nc3ccc(C(C)(C)C)cc3)CC2)ON1. The van der Waals surface area contributed by atoms with Crippen molar-refractivity contribution in [2.24, 2.45) is 0 Å². The van der Waals surface area contributed by atoms with Crippen LogP contribution in [0, 0.1) is 0 Å². The highest BCUT2D eigenvalue weighted by atomic mass is 35.5. The van der Waals surface area contributed by atoms with Gasteiger partial charge < -0.3 is 20.0 Å². The number of amides is 3. The number of hydroxylamine groups is 1. The molecule has 1 aromatic heterocycles. The third kappa shape index (κ3) is 5.84. The minimum atomic E-state index is -0.595. The first kappa shape index (κ1) is 27.3. The Labute approximate surface area is 235 Å². The van der Waals surface area contributed by atoms with Crippen LogP contribution >= 0.6 is 11.6 Å². The summed E-state index contributed by atoms with van der Waals surface area (Å²) in [6, 6.07) is 11.5. The number of nitrogens with one attached hydrogen (secondary N) is 2. The van der Waals surface area contributed by atoms with Crippen LogP contribution in [0.2, 0.25) is 5.02 Å². The van der Waals surface area contributed by atoms with Crippen LogP contribution in [-0.4, -0.2) is 71.1 Å². The summed E-state index contributed by atoms with van der Waals surface area (Å²) in [5.41, 5.74) is 4.82. The summed E-state index contributed by atoms with van der Waals surface area (Å²) < 4.78 is 0. The number of piperazine rings is 1. The molecule has 2 saturated heterocycles. The first-order valence-electron chi connectivity index (χ1n) is 13.5. The van der Waals surface area contributed by atoms with E-state index in [1.165, 1.54) is 5.56 Å². The molecule has 0 aliphatic carbocycles. The molecule has 2 N–H and O–H groups in total. The maximum Gasteiger partial charge on any atom is 0.321 e. The molecule has 1 aromatic carbocycles. The maximum atomic E-state index is 13.4. The Bertz CT molecular complexity index is 1250. The van der Waals surface area contributed by atoms with E-state index in [0.29, 0.717) is 56.3 Å². The minimum Gasteiger partial charge on any atom is -0.352 e. The Balaban J connectivity index is 1.15. The van der Waals surface area contributed by atoms with Gasteiger partial charge in [0.2, 0.25) is 0 Å². The van der Waals surface area contributed by atoms with Gasteiger partial charge in [-0.15, -0.1) is 0 Å². The number of rotatable bonds is 3. The fourth-order valence-corrected chi connectivity index (χ4v) is 5.63. The quantitative estimate of drug-likeness (QED) is 0.580. The summed E-state index contributed by atoms with van der Waals surface area (Å²) in [6.45, 7) is 11.4. The van der Waals surface area contributed by atoms with Crippen LogP contribution in [0.1, 0.15) is 46.1 Å². The molecule has 10 heteroatoms. The van der Waals surface area contributed by atoms with E-state index in [-0.39, 0.29) is 23.4 Å². The first-order valence-corrected chi connectivity index (χ1v) is 13.9. The highest BCUT2D eigenvalue weighted by Gasteiger charge is 2.42. The number of pyridine rings is 1. The van der Waals surface area contributed by atoms with Crippen LogP contribution < -0.4 is 15.7 Å². The third-order valence-corrected chi connectivity index (χ3v) is 8.12. The lowest BCUT2D eigenvalue weighted by Gasteiger charge is -2.40. The van der Waals surface area contributed by atoms with Crippen molar-refractivity contribution >= 4 is 35.0 Å². The van der Waals surface area contributed by atoms with Crippen molar-refractivity contribution < 1.29 is 14.4 Å². The molecule has 1 atom stereocenters. The van der Waals surface area contributed by atoms with E-state index >= 15 is 0 Å². The van der Waals surface area contributed by atoms with Gasteiger partial charge in [-0.05, 0) is 48.2 Å². The van der Waals surface area contributed by atoms with E-state index in [4.69, 9.17) is 16.4 Å². The van der Waals surface area contributed by atoms with Crippen LogP contribution in [0.15, 0.2) is 54.4 Å². The van der Waals surface area contributed by atoms with Gasteiger partial charge in [0.1, 0.15) is 17.1 Å². The molecule has 1 spiro atoms. The fraction of sp³-hybridized carbons (Fsp3) is 0.483. The van der Waals surface area contributed by atoms with Crippen molar-refractivity contribution in [3.8, 4) is 0 Å². The molecular formula is C29H37ClN6O3. The van der Waals surface area contributed by atoms with Gasteiger partial charge in [0, 0.05) is 63.5 Å². The average molecular weight is 553 g/mol. The van der Waals surface area contributed by atoms with Gasteiger partial charge in [0.05, 0.1) is 5.02 Å². The molecule has 1 unspecified atom stereocenters. The Kier molecular flexibility index (Phi) is 7.48. The lowest BCUT2D eigenvalue weighted by atomic mass is 9.87. The molecule has 39 heavy (non-hydrogen) atoms. The first-order chi connectivity index (χ1) is 18.5. The zero-order valence-electron chi connectivity index (χ0n) is 23.0. The van der Waals surface area contributed by atoms with Crippen LogP contribution in [0.5, 0.6) is 0 Å². The monoisotopic (exact) mass is 552 g/mol. The number of urea groups is 1. The number of aromatic nitrogens is 1. The second kappa shape index (κ2) is 10.7. The van der Waals surface area contributed by atoms with Crippen molar-refractivity contribution in [3.05, 3.63) is 65.0 Å². The lowest BCUT2D eigenvalue weighted by Crippen LogP contribution is -2.55. The largest absolute Gasteiger partial charge is 0.352 e. The summed E-state index contributed by atoms with van der Waals surface area (Å²) in [5.74, 6) is 0.668. The molecule has 3 aliphatic rings. The Hall–Kier alpha value is -3.30. The highest BCUT2D eigenvalue weighted by Crippen LogP contribution is 2.33. The zero-order chi connectivity index (χ0) is 27.8. The second-order valence-corrected chi connectivity index (χ2v) is 12.1. The van der Waals surface area contributed by atoms with Gasteiger partial charge >= 0.3 is 6.03 Å². The molecule has 3 aliphatic heterocycles. The van der Waals surface area contributed by atoms with Gasteiger partial charge in [-0.2, -0.15) is 0 Å². The summed E-state index contributed by atoms with van der Waals surface area (Å²) in [5, 5.41) is 3.61. The van der Waals surface area contributed by atoms with Gasteiger partial charge in [0.15, 0.2) is 0 Å². The number of carbonyl (C=O) groups excluding carboxylic acids is 2. The van der Waals surface area contributed by atoms with E-state index < -0.39 is 5.60 Å². The van der Waals surface area contributed by atoms with Crippen molar-refractivity contribution in [1.29, 1.82) is 0 Å². The number of nitrogens with zero attached hydrogens (tertiary/aromatic N) is 4. The topological polar surface area (TPSA) is 90.0 Å². The molecular weight excluding hydrogens is 516 g/mol. The van der Waals surface area contributed by atoms with Crippen molar-refractivity contribution in [1.82, 2.24) is 20.3 Å². The Morgan fingerprint density at radius 1 is 1.10 bits per heavy atom. The number of hydrogen-bond acceptors (Lipinski definition) is 6. The van der Waals surface area contributed by atoms with Gasteiger partial charge in [0.25, 0.3) is 5.91 Å². The van der Waals surface area contributed by atoms with E-state index in [9.17, 15) is 9.59 Å². The molecule has 4 heterocycles. The summed E-state index contributed by atoms with van der Waals surface area (Å²) >= 11 is 6.33. The Morgan fingerprint density at radius 2 is 1.82 bits per heavy atom. The van der Waals surface area contributed by atoms with Crippen LogP contribution in [0.25, 0.3) is 0 Å². The maximum absolute atomic E-state index is 13.4. The normalized spacial score (nSPS) is 21.0. The van der Waals surface area contributed by atoms with E-state index in [2.05, 4.69) is 53.6 Å². The lowest BCUT2D eigenvalue weighted by molar-refractivity contribution is -0.131. The van der Waals surface area contributed by atoms with Crippen molar-refractivity contribution in [2.45, 2.75) is 57.6 Å². The number of benzene rings is 1. The van der Waals surface area contributed by atoms with E-state index in [1.807, 2.05) is 42.2 Å². The van der Waals surface area contributed by atoms with Crippen LogP contribution in [0.4, 0.5) is 16.3 Å². The number of anilines is 2. The number of hydrogen-bond donors (Lipinski definition) is 2. The third-order valence-electron chi connectivity index (χ3n) is 7.83. The molecule has 3 amide bonds. The van der Waals surface area contributed by atoms with E-state index in [1.54, 1.807) is 11.1 Å². The van der Waals surface area contributed by atoms with Gasteiger partial charge in [-0.3, -0.25) is 15.1 Å². The molecule has 0 saturated carbocycles. The summed E-state index contributed by atoms with van der Waals surface area (Å²) in [6.07, 6.45) is 4.85. The number of halogens is 1. The smallest absolute Gasteiger partial charge is 0.321 e. The fourth-order valence-electron chi connectivity index (χ4n) is 5.39. The van der Waals surface area contributed by atoms with Crippen LogP contribution in [0.3, 0.4) is 0 Å². The predicted molar refractivity (Wildman–Crippen MR) is 153 cm³/mol. The molecule has 208 valence electrons. The molecule has 0 radical (unpaired) electrons. The molecule has 9 nitrogen and oxygen atoms in total. The Morgan fingerprint density at radius 3 is 2.46 bits per heavy atom. The number of likely N-dealkylation sites (tertiary alicyclic amines) is 1. The highest BCUT2D eigenvalue weighted by molar-refractivity contribution is 6.32. The van der Waals surface area contributed by atoms with Crippen molar-refractivity contribution in [2.75, 3.05) is 42.9 Å². The second-order valence-electron chi connectivity index (χ2n) is 11.7. The van der Waals surface area contributed by atoms with Gasteiger partial charge in [-0.25, -0.2) is 9.78 Å². The average Bonchev–Trinajstić information content (AvgIpc) is 3.32. The minimum absolute atomic E-state index is 0.0217. The molecule has 2 aromatic rings. The molecule has 0 bridgehead atoms. The van der Waals surface area contributed by atoms with Gasteiger partial charge in [-0.1, -0.05) is 44.5 Å². The van der Waals surface area contributed by atoms with Crippen molar-refractivity contribution in [3.63, 3.8) is 0 Å². The predicted octanol–water partition coefficient (Wildman–Crippen LogP) is 4.56. The summed E-state index contributed by atoms with van der Waals surface area (Å²) in [4.78, 5) is 42.4.